The average molecular weight is 1020 g/mol. The van der Waals surface area contributed by atoms with E-state index in [-0.39, 0.29) is 31.1 Å². The van der Waals surface area contributed by atoms with Gasteiger partial charge in [-0.25, -0.2) is 0 Å². The fourth-order valence-electron chi connectivity index (χ4n) is 10.3. The average Bonchev–Trinajstić information content (AvgIpc) is 3.37. The number of rotatable bonds is 61. The normalized spacial score (nSPS) is 12.0. The molecule has 0 aromatic rings. The number of carbonyl (C=O) groups is 3. The lowest BCUT2D eigenvalue weighted by Gasteiger charge is -2.18. The Labute approximate surface area is 450 Å². The zero-order chi connectivity index (χ0) is 52.3. The summed E-state index contributed by atoms with van der Waals surface area (Å²) in [5, 5.41) is 0. The molecule has 428 valence electrons. The molecule has 0 aromatic carbocycles. The van der Waals surface area contributed by atoms with Crippen molar-refractivity contribution < 1.29 is 28.6 Å². The molecular formula is C66H128O6. The Kier molecular flexibility index (Phi) is 58.9. The van der Waals surface area contributed by atoms with Gasteiger partial charge in [-0.15, -0.1) is 0 Å². The molecule has 0 amide bonds. The SMILES string of the molecule is CCCCCCCCCCCCCCCCCCCC(=O)OC[C@H](COC(=O)CCCCCCCCCCCCCCCCCC)OC(=O)CCCCCCCCCCCCCCCCCCCCC(C)C. The highest BCUT2D eigenvalue weighted by Gasteiger charge is 2.19. The van der Waals surface area contributed by atoms with Crippen LogP contribution in [0.25, 0.3) is 0 Å². The van der Waals surface area contributed by atoms with Crippen LogP contribution in [0.4, 0.5) is 0 Å². The second-order valence-electron chi connectivity index (χ2n) is 23.2. The Balaban J connectivity index is 4.27. The van der Waals surface area contributed by atoms with Gasteiger partial charge in [0.1, 0.15) is 13.2 Å². The van der Waals surface area contributed by atoms with Crippen molar-refractivity contribution in [3.63, 3.8) is 0 Å². The van der Waals surface area contributed by atoms with Gasteiger partial charge in [-0.1, -0.05) is 342 Å². The predicted molar refractivity (Wildman–Crippen MR) is 312 cm³/mol. The van der Waals surface area contributed by atoms with Gasteiger partial charge in [0.15, 0.2) is 6.10 Å². The molecular weight excluding hydrogens is 889 g/mol. The van der Waals surface area contributed by atoms with Gasteiger partial charge in [-0.2, -0.15) is 0 Å². The van der Waals surface area contributed by atoms with Gasteiger partial charge in [0.25, 0.3) is 0 Å². The quantitative estimate of drug-likeness (QED) is 0.0343. The highest BCUT2D eigenvalue weighted by atomic mass is 16.6. The molecule has 6 nitrogen and oxygen atoms in total. The summed E-state index contributed by atoms with van der Waals surface area (Å²) in [6.07, 6.45) is 68.2. The molecule has 0 aromatic heterocycles. The Morgan fingerprint density at radius 2 is 0.458 bits per heavy atom. The highest BCUT2D eigenvalue weighted by Crippen LogP contribution is 2.19. The first-order chi connectivity index (χ1) is 35.4. The number of hydrogen-bond acceptors (Lipinski definition) is 6. The molecule has 0 aliphatic rings. The van der Waals surface area contributed by atoms with E-state index in [1.165, 1.54) is 276 Å². The van der Waals surface area contributed by atoms with E-state index < -0.39 is 6.10 Å². The van der Waals surface area contributed by atoms with Gasteiger partial charge >= 0.3 is 17.9 Å². The largest absolute Gasteiger partial charge is 0.462 e. The molecule has 0 spiro atoms. The lowest BCUT2D eigenvalue weighted by Crippen LogP contribution is -2.30. The minimum absolute atomic E-state index is 0.0609. The smallest absolute Gasteiger partial charge is 0.306 e. The van der Waals surface area contributed by atoms with E-state index in [1.54, 1.807) is 0 Å². The van der Waals surface area contributed by atoms with Crippen molar-refractivity contribution in [3.8, 4) is 0 Å². The third kappa shape index (κ3) is 59.3. The van der Waals surface area contributed by atoms with Crippen LogP contribution in [0.2, 0.25) is 0 Å². The second-order valence-corrected chi connectivity index (χ2v) is 23.2. The molecule has 6 heteroatoms. The van der Waals surface area contributed by atoms with Crippen LogP contribution in [0, 0.1) is 5.92 Å². The molecule has 0 heterocycles. The summed E-state index contributed by atoms with van der Waals surface area (Å²) in [7, 11) is 0. The molecule has 0 bridgehead atoms. The Hall–Kier alpha value is -1.59. The van der Waals surface area contributed by atoms with E-state index in [1.807, 2.05) is 0 Å². The third-order valence-electron chi connectivity index (χ3n) is 15.3. The number of unbranched alkanes of at least 4 members (excludes halogenated alkanes) is 48. The Morgan fingerprint density at radius 3 is 0.681 bits per heavy atom. The van der Waals surface area contributed by atoms with Crippen LogP contribution in [0.5, 0.6) is 0 Å². The number of ether oxygens (including phenoxy) is 3. The maximum absolute atomic E-state index is 12.9. The van der Waals surface area contributed by atoms with E-state index in [4.69, 9.17) is 14.2 Å². The van der Waals surface area contributed by atoms with Crippen molar-refractivity contribution in [3.05, 3.63) is 0 Å². The number of hydrogen-bond donors (Lipinski definition) is 0. The van der Waals surface area contributed by atoms with E-state index in [9.17, 15) is 14.4 Å². The number of carbonyl (C=O) groups excluding carboxylic acids is 3. The molecule has 0 saturated carbocycles. The first-order valence-corrected chi connectivity index (χ1v) is 32.9. The van der Waals surface area contributed by atoms with Crippen LogP contribution in [0.1, 0.15) is 381 Å². The lowest BCUT2D eigenvalue weighted by molar-refractivity contribution is -0.167. The first kappa shape index (κ1) is 70.4. The summed E-state index contributed by atoms with van der Waals surface area (Å²) in [5.74, 6) is 0.0336. The van der Waals surface area contributed by atoms with Crippen LogP contribution in [-0.2, 0) is 28.6 Å². The summed E-state index contributed by atoms with van der Waals surface area (Å²) < 4.78 is 17.0. The van der Waals surface area contributed by atoms with Gasteiger partial charge in [0, 0.05) is 19.3 Å². The topological polar surface area (TPSA) is 78.9 Å². The van der Waals surface area contributed by atoms with Crippen molar-refractivity contribution in [2.24, 2.45) is 5.92 Å². The summed E-state index contributed by atoms with van der Waals surface area (Å²) in [4.78, 5) is 38.3. The molecule has 0 saturated heterocycles. The summed E-state index contributed by atoms with van der Waals surface area (Å²) in [6.45, 7) is 9.11. The third-order valence-corrected chi connectivity index (χ3v) is 15.3. The summed E-state index contributed by atoms with van der Waals surface area (Å²) in [6, 6.07) is 0. The van der Waals surface area contributed by atoms with Crippen LogP contribution in [-0.4, -0.2) is 37.2 Å². The molecule has 0 aliphatic heterocycles. The molecule has 0 unspecified atom stereocenters. The lowest BCUT2D eigenvalue weighted by atomic mass is 10.0. The summed E-state index contributed by atoms with van der Waals surface area (Å²) >= 11 is 0. The molecule has 0 radical (unpaired) electrons. The molecule has 1 atom stereocenters. The van der Waals surface area contributed by atoms with Crippen LogP contribution < -0.4 is 0 Å². The number of esters is 3. The standard InChI is InChI=1S/C66H128O6/c1-5-7-9-11-13-15-17-19-21-25-30-34-38-42-46-50-54-58-65(68)71-61-63(60-70-64(67)57-53-49-45-41-37-33-29-22-20-18-16-14-12-10-8-6-2)72-66(69)59-55-51-47-43-39-35-31-27-24-23-26-28-32-36-40-44-48-52-56-62(3)4/h62-63H,5-61H2,1-4H3/t63-/m0/s1. The molecule has 0 fully saturated rings. The second kappa shape index (κ2) is 60.3. The minimum atomic E-state index is -0.763. The van der Waals surface area contributed by atoms with Gasteiger partial charge < -0.3 is 14.2 Å². The van der Waals surface area contributed by atoms with Crippen LogP contribution >= 0.6 is 0 Å². The van der Waals surface area contributed by atoms with Crippen LogP contribution in [0.15, 0.2) is 0 Å². The van der Waals surface area contributed by atoms with Crippen molar-refractivity contribution in [1.29, 1.82) is 0 Å². The van der Waals surface area contributed by atoms with E-state index in [0.717, 1.165) is 63.7 Å². The van der Waals surface area contributed by atoms with Crippen molar-refractivity contribution in [2.75, 3.05) is 13.2 Å². The van der Waals surface area contributed by atoms with E-state index in [2.05, 4.69) is 27.7 Å². The van der Waals surface area contributed by atoms with E-state index >= 15 is 0 Å². The first-order valence-electron chi connectivity index (χ1n) is 32.9. The Morgan fingerprint density at radius 1 is 0.264 bits per heavy atom. The van der Waals surface area contributed by atoms with E-state index in [0.29, 0.717) is 19.3 Å². The fourth-order valence-corrected chi connectivity index (χ4v) is 10.3. The van der Waals surface area contributed by atoms with Gasteiger partial charge in [0.05, 0.1) is 0 Å². The maximum atomic E-state index is 12.9. The minimum Gasteiger partial charge on any atom is -0.462 e. The van der Waals surface area contributed by atoms with Crippen molar-refractivity contribution in [2.45, 2.75) is 387 Å². The molecule has 0 aliphatic carbocycles. The van der Waals surface area contributed by atoms with Crippen molar-refractivity contribution >= 4 is 17.9 Å². The summed E-state index contributed by atoms with van der Waals surface area (Å²) in [5.41, 5.74) is 0. The fraction of sp³-hybridized carbons (Fsp3) is 0.955. The predicted octanol–water partition coefficient (Wildman–Crippen LogP) is 22.1. The molecule has 0 rings (SSSR count). The molecule has 72 heavy (non-hydrogen) atoms. The van der Waals surface area contributed by atoms with Gasteiger partial charge in [0.2, 0.25) is 0 Å². The monoisotopic (exact) mass is 1020 g/mol. The van der Waals surface area contributed by atoms with Gasteiger partial charge in [-0.05, 0) is 25.2 Å². The maximum Gasteiger partial charge on any atom is 0.306 e. The van der Waals surface area contributed by atoms with Gasteiger partial charge in [-0.3, -0.25) is 14.4 Å². The zero-order valence-electron chi connectivity index (χ0n) is 49.4. The Bertz CT molecular complexity index is 1090. The van der Waals surface area contributed by atoms with Crippen LogP contribution in [0.3, 0.4) is 0 Å². The highest BCUT2D eigenvalue weighted by molar-refractivity contribution is 5.71. The molecule has 0 N–H and O–H groups in total. The van der Waals surface area contributed by atoms with Crippen molar-refractivity contribution in [1.82, 2.24) is 0 Å². The zero-order valence-corrected chi connectivity index (χ0v) is 49.4.